The fourth-order valence-electron chi connectivity index (χ4n) is 2.33. The van der Waals surface area contributed by atoms with Gasteiger partial charge in [-0.3, -0.25) is 4.79 Å². The first kappa shape index (κ1) is 15.5. The van der Waals surface area contributed by atoms with Crippen LogP contribution in [0.4, 0.5) is 13.2 Å². The molecule has 0 saturated carbocycles. The molecule has 23 heavy (non-hydrogen) atoms. The molecule has 0 radical (unpaired) electrons. The van der Waals surface area contributed by atoms with Crippen LogP contribution < -0.4 is 5.32 Å². The van der Waals surface area contributed by atoms with E-state index in [1.165, 1.54) is 0 Å². The molecule has 0 bridgehead atoms. The van der Waals surface area contributed by atoms with Crippen molar-refractivity contribution in [2.75, 3.05) is 19.6 Å². The first-order valence-corrected chi connectivity index (χ1v) is 7.03. The van der Waals surface area contributed by atoms with Crippen molar-refractivity contribution in [2.45, 2.75) is 12.7 Å². The van der Waals surface area contributed by atoms with E-state index in [0.29, 0.717) is 25.2 Å². The molecule has 2 aromatic rings. The number of carbonyl (C=O) groups excluding carboxylic acids is 1. The SMILES string of the molecule is O=C1C[NH2+]CCN1Cc1ccc(-c2noc(C(F)(F)F)n2)cc1. The van der Waals surface area contributed by atoms with Crippen LogP contribution in [0.5, 0.6) is 0 Å². The minimum Gasteiger partial charge on any atom is -0.337 e. The van der Waals surface area contributed by atoms with E-state index in [2.05, 4.69) is 14.7 Å². The number of halogens is 3. The topological polar surface area (TPSA) is 75.8 Å². The van der Waals surface area contributed by atoms with Gasteiger partial charge in [-0.25, -0.2) is 0 Å². The van der Waals surface area contributed by atoms with Crippen LogP contribution in [0.2, 0.25) is 0 Å². The van der Waals surface area contributed by atoms with Crippen LogP contribution in [-0.2, 0) is 17.5 Å². The molecule has 9 heteroatoms. The maximum absolute atomic E-state index is 12.4. The molecular formula is C14H14F3N4O2+. The highest BCUT2D eigenvalue weighted by Crippen LogP contribution is 2.29. The fourth-order valence-corrected chi connectivity index (χ4v) is 2.33. The van der Waals surface area contributed by atoms with Gasteiger partial charge in [-0.1, -0.05) is 29.4 Å². The number of nitrogens with two attached hydrogens (primary N) is 1. The minimum atomic E-state index is -4.66. The Kier molecular flexibility index (Phi) is 4.03. The fraction of sp³-hybridized carbons (Fsp3) is 0.357. The number of nitrogens with zero attached hydrogens (tertiary/aromatic N) is 3. The summed E-state index contributed by atoms with van der Waals surface area (Å²) >= 11 is 0. The summed E-state index contributed by atoms with van der Waals surface area (Å²) in [5.41, 5.74) is 1.31. The first-order chi connectivity index (χ1) is 10.9. The predicted molar refractivity (Wildman–Crippen MR) is 71.8 cm³/mol. The molecule has 1 aromatic heterocycles. The number of hydrogen-bond donors (Lipinski definition) is 1. The van der Waals surface area contributed by atoms with Gasteiger partial charge >= 0.3 is 12.1 Å². The third-order valence-corrected chi connectivity index (χ3v) is 3.53. The van der Waals surface area contributed by atoms with Crippen molar-refractivity contribution in [1.29, 1.82) is 0 Å². The Morgan fingerprint density at radius 2 is 2.00 bits per heavy atom. The van der Waals surface area contributed by atoms with Crippen molar-refractivity contribution in [3.8, 4) is 11.4 Å². The molecule has 2 heterocycles. The molecule has 1 aromatic carbocycles. The molecule has 122 valence electrons. The summed E-state index contributed by atoms with van der Waals surface area (Å²) in [5, 5.41) is 5.29. The Hall–Kier alpha value is -2.42. The van der Waals surface area contributed by atoms with Gasteiger partial charge in [0.25, 0.3) is 5.91 Å². The lowest BCUT2D eigenvalue weighted by atomic mass is 10.1. The summed E-state index contributed by atoms with van der Waals surface area (Å²) in [6.45, 7) is 2.47. The normalized spacial score (nSPS) is 16.0. The molecule has 1 aliphatic heterocycles. The van der Waals surface area contributed by atoms with Gasteiger partial charge in [0.05, 0.1) is 13.1 Å². The van der Waals surface area contributed by atoms with E-state index in [-0.39, 0.29) is 11.7 Å². The Bertz CT molecular complexity index is 697. The molecule has 0 aliphatic carbocycles. The van der Waals surface area contributed by atoms with Crippen molar-refractivity contribution < 1.29 is 27.8 Å². The van der Waals surface area contributed by atoms with Crippen LogP contribution in [-0.4, -0.2) is 40.6 Å². The molecule has 0 spiro atoms. The van der Waals surface area contributed by atoms with Crippen molar-refractivity contribution >= 4 is 5.91 Å². The molecule has 1 amide bonds. The van der Waals surface area contributed by atoms with E-state index in [4.69, 9.17) is 0 Å². The second-order valence-corrected chi connectivity index (χ2v) is 5.21. The van der Waals surface area contributed by atoms with Crippen LogP contribution in [0.1, 0.15) is 11.5 Å². The number of carbonyl (C=O) groups is 1. The molecule has 1 aliphatic rings. The number of alkyl halides is 3. The van der Waals surface area contributed by atoms with E-state index in [1.54, 1.807) is 29.2 Å². The number of hydrogen-bond acceptors (Lipinski definition) is 4. The average molecular weight is 327 g/mol. The monoisotopic (exact) mass is 327 g/mol. The molecule has 6 nitrogen and oxygen atoms in total. The average Bonchev–Trinajstić information content (AvgIpc) is 3.00. The number of benzene rings is 1. The van der Waals surface area contributed by atoms with Gasteiger partial charge in [0, 0.05) is 12.1 Å². The molecule has 0 unspecified atom stereocenters. The van der Waals surface area contributed by atoms with Gasteiger partial charge in [0.2, 0.25) is 5.82 Å². The third-order valence-electron chi connectivity index (χ3n) is 3.53. The second-order valence-electron chi connectivity index (χ2n) is 5.21. The zero-order valence-electron chi connectivity index (χ0n) is 12.0. The molecule has 0 atom stereocenters. The minimum absolute atomic E-state index is 0.0771. The summed E-state index contributed by atoms with van der Waals surface area (Å²) < 4.78 is 41.5. The van der Waals surface area contributed by atoms with Crippen molar-refractivity contribution in [2.24, 2.45) is 0 Å². The lowest BCUT2D eigenvalue weighted by molar-refractivity contribution is -0.650. The number of piperazine rings is 1. The summed E-state index contributed by atoms with van der Waals surface area (Å²) in [4.78, 5) is 16.8. The largest absolute Gasteiger partial charge is 0.471 e. The van der Waals surface area contributed by atoms with Gasteiger partial charge in [-0.15, -0.1) is 0 Å². The van der Waals surface area contributed by atoms with Gasteiger partial charge in [0.1, 0.15) is 0 Å². The Labute approximate surface area is 129 Å². The van der Waals surface area contributed by atoms with Crippen molar-refractivity contribution in [3.63, 3.8) is 0 Å². The highest BCUT2D eigenvalue weighted by molar-refractivity contribution is 5.77. The van der Waals surface area contributed by atoms with Crippen LogP contribution >= 0.6 is 0 Å². The van der Waals surface area contributed by atoms with E-state index in [9.17, 15) is 18.0 Å². The summed E-state index contributed by atoms with van der Waals surface area (Å²) in [7, 11) is 0. The van der Waals surface area contributed by atoms with E-state index in [1.807, 2.05) is 5.32 Å². The van der Waals surface area contributed by atoms with E-state index < -0.39 is 12.1 Å². The molecule has 2 N–H and O–H groups in total. The lowest BCUT2D eigenvalue weighted by Gasteiger charge is -2.25. The molecule has 1 fully saturated rings. The zero-order chi connectivity index (χ0) is 16.4. The van der Waals surface area contributed by atoms with Crippen LogP contribution in [0, 0.1) is 0 Å². The van der Waals surface area contributed by atoms with Crippen LogP contribution in [0.15, 0.2) is 28.8 Å². The number of amides is 1. The quantitative estimate of drug-likeness (QED) is 0.899. The zero-order valence-corrected chi connectivity index (χ0v) is 12.0. The van der Waals surface area contributed by atoms with Gasteiger partial charge in [-0.2, -0.15) is 18.2 Å². The highest BCUT2D eigenvalue weighted by atomic mass is 19.4. The molecule has 3 rings (SSSR count). The van der Waals surface area contributed by atoms with E-state index in [0.717, 1.165) is 12.1 Å². The highest BCUT2D eigenvalue weighted by Gasteiger charge is 2.38. The Morgan fingerprint density at radius 3 is 2.61 bits per heavy atom. The maximum Gasteiger partial charge on any atom is 0.471 e. The summed E-state index contributed by atoms with van der Waals surface area (Å²) in [6.07, 6.45) is -4.66. The number of aromatic nitrogens is 2. The smallest absolute Gasteiger partial charge is 0.337 e. The summed E-state index contributed by atoms with van der Waals surface area (Å²) in [6, 6.07) is 6.71. The van der Waals surface area contributed by atoms with Gasteiger partial charge < -0.3 is 14.7 Å². The lowest BCUT2D eigenvalue weighted by Crippen LogP contribution is -2.90. The summed E-state index contributed by atoms with van der Waals surface area (Å²) in [5.74, 6) is -1.41. The Balaban J connectivity index is 1.72. The predicted octanol–water partition coefficient (Wildman–Crippen LogP) is 0.661. The van der Waals surface area contributed by atoms with Crippen molar-refractivity contribution in [1.82, 2.24) is 15.0 Å². The second kappa shape index (κ2) is 5.99. The standard InChI is InChI=1S/C14H13F3N4O2/c15-14(16,17)13-19-12(20-23-13)10-3-1-9(2-4-10)8-21-6-5-18-7-11(21)22/h1-4,18H,5-8H2/p+1. The number of quaternary nitrogens is 1. The van der Waals surface area contributed by atoms with Gasteiger partial charge in [-0.05, 0) is 5.56 Å². The molecule has 1 saturated heterocycles. The number of rotatable bonds is 3. The van der Waals surface area contributed by atoms with Crippen LogP contribution in [0.3, 0.4) is 0 Å². The van der Waals surface area contributed by atoms with Gasteiger partial charge in [0.15, 0.2) is 6.54 Å². The maximum atomic E-state index is 12.4. The molecular weight excluding hydrogens is 313 g/mol. The first-order valence-electron chi connectivity index (χ1n) is 7.03. The third kappa shape index (κ3) is 3.50. The van der Waals surface area contributed by atoms with Crippen LogP contribution in [0.25, 0.3) is 11.4 Å². The Morgan fingerprint density at radius 1 is 1.26 bits per heavy atom. The van der Waals surface area contributed by atoms with Crippen molar-refractivity contribution in [3.05, 3.63) is 35.7 Å². The van der Waals surface area contributed by atoms with E-state index >= 15 is 0 Å².